The number of aryl methyl sites for hydroxylation is 2. The summed E-state index contributed by atoms with van der Waals surface area (Å²) in [5, 5.41) is 17.7. The van der Waals surface area contributed by atoms with Crippen molar-refractivity contribution in [3.05, 3.63) is 65.0 Å². The highest BCUT2D eigenvalue weighted by Gasteiger charge is 2.14. The Morgan fingerprint density at radius 1 is 1.14 bits per heavy atom. The number of carbonyl (C=O) groups is 1. The van der Waals surface area contributed by atoms with Gasteiger partial charge in [0.15, 0.2) is 5.13 Å². The molecular formula is C20H18N6OS2. The highest BCUT2D eigenvalue weighted by atomic mass is 32.2. The third-order valence-corrected chi connectivity index (χ3v) is 5.89. The van der Waals surface area contributed by atoms with Crippen molar-refractivity contribution in [2.75, 3.05) is 11.1 Å². The average Bonchev–Trinajstić information content (AvgIpc) is 3.37. The molecule has 0 spiro atoms. The van der Waals surface area contributed by atoms with Gasteiger partial charge in [-0.25, -0.2) is 4.98 Å². The lowest BCUT2D eigenvalue weighted by atomic mass is 10.1. The molecule has 0 aliphatic rings. The van der Waals surface area contributed by atoms with E-state index in [9.17, 15) is 4.79 Å². The number of rotatable bonds is 6. The maximum atomic E-state index is 12.4. The molecule has 9 heteroatoms. The van der Waals surface area contributed by atoms with E-state index in [2.05, 4.69) is 25.8 Å². The molecule has 0 atom stereocenters. The largest absolute Gasteiger partial charge is 0.301 e. The van der Waals surface area contributed by atoms with Crippen molar-refractivity contribution < 1.29 is 4.79 Å². The van der Waals surface area contributed by atoms with Crippen LogP contribution in [-0.2, 0) is 4.79 Å². The maximum Gasteiger partial charge on any atom is 0.236 e. The van der Waals surface area contributed by atoms with Crippen LogP contribution in [0.15, 0.2) is 59.1 Å². The van der Waals surface area contributed by atoms with Crippen LogP contribution >= 0.6 is 23.1 Å². The van der Waals surface area contributed by atoms with Crippen LogP contribution in [0.2, 0.25) is 0 Å². The summed E-state index contributed by atoms with van der Waals surface area (Å²) in [5.41, 5.74) is 5.02. The van der Waals surface area contributed by atoms with Gasteiger partial charge in [-0.05, 0) is 35.9 Å². The van der Waals surface area contributed by atoms with Crippen molar-refractivity contribution in [3.8, 4) is 16.9 Å². The number of benzene rings is 2. The monoisotopic (exact) mass is 422 g/mol. The Kier molecular flexibility index (Phi) is 5.68. The third-order valence-electron chi connectivity index (χ3n) is 4.21. The number of carbonyl (C=O) groups excluding carboxylic acids is 1. The fourth-order valence-electron chi connectivity index (χ4n) is 2.69. The molecular weight excluding hydrogens is 404 g/mol. The van der Waals surface area contributed by atoms with Crippen molar-refractivity contribution >= 4 is 34.1 Å². The Balaban J connectivity index is 1.39. The lowest BCUT2D eigenvalue weighted by molar-refractivity contribution is -0.113. The van der Waals surface area contributed by atoms with Crippen LogP contribution < -0.4 is 5.32 Å². The minimum absolute atomic E-state index is 0.154. The lowest BCUT2D eigenvalue weighted by Gasteiger charge is -2.06. The van der Waals surface area contributed by atoms with Gasteiger partial charge in [0, 0.05) is 10.9 Å². The van der Waals surface area contributed by atoms with Crippen molar-refractivity contribution in [1.82, 2.24) is 25.2 Å². The van der Waals surface area contributed by atoms with Gasteiger partial charge in [-0.1, -0.05) is 59.8 Å². The van der Waals surface area contributed by atoms with Gasteiger partial charge in [0.25, 0.3) is 0 Å². The highest BCUT2D eigenvalue weighted by Crippen LogP contribution is 2.26. The van der Waals surface area contributed by atoms with E-state index in [1.54, 1.807) is 4.68 Å². The highest BCUT2D eigenvalue weighted by molar-refractivity contribution is 7.99. The first-order chi connectivity index (χ1) is 14.1. The number of aromatic nitrogens is 5. The average molecular weight is 423 g/mol. The van der Waals surface area contributed by atoms with Crippen LogP contribution in [0.5, 0.6) is 0 Å². The second-order valence-corrected chi connectivity index (χ2v) is 8.20. The molecule has 4 aromatic rings. The van der Waals surface area contributed by atoms with Crippen LogP contribution in [0.25, 0.3) is 16.9 Å². The van der Waals surface area contributed by atoms with Crippen molar-refractivity contribution in [3.63, 3.8) is 0 Å². The predicted octanol–water partition coefficient (Wildman–Crippen LogP) is 4.13. The summed E-state index contributed by atoms with van der Waals surface area (Å²) in [6.07, 6.45) is 0. The number of anilines is 1. The second-order valence-electron chi connectivity index (χ2n) is 6.40. The standard InChI is InChI=1S/C20H18N6OS2/c1-13-7-9-15(10-8-13)16-11-28-19(21-16)22-18(27)12-29-20-23-24-25-26(20)17-6-4-3-5-14(17)2/h3-11H,12H2,1-2H3,(H,21,22,27). The van der Waals surface area contributed by atoms with Crippen LogP contribution in [0.1, 0.15) is 11.1 Å². The zero-order valence-electron chi connectivity index (χ0n) is 15.9. The van der Waals surface area contributed by atoms with Crippen LogP contribution in [0, 0.1) is 13.8 Å². The number of tetrazole rings is 1. The maximum absolute atomic E-state index is 12.4. The molecule has 0 radical (unpaired) electrons. The normalized spacial score (nSPS) is 10.8. The molecule has 29 heavy (non-hydrogen) atoms. The van der Waals surface area contributed by atoms with E-state index in [1.807, 2.05) is 67.8 Å². The Hall–Kier alpha value is -3.04. The lowest BCUT2D eigenvalue weighted by Crippen LogP contribution is -2.14. The Bertz CT molecular complexity index is 1140. The van der Waals surface area contributed by atoms with Crippen LogP contribution in [-0.4, -0.2) is 36.9 Å². The fraction of sp³-hybridized carbons (Fsp3) is 0.150. The summed E-state index contributed by atoms with van der Waals surface area (Å²) in [5.74, 6) is 0.0326. The number of amides is 1. The predicted molar refractivity (Wildman–Crippen MR) is 116 cm³/mol. The summed E-state index contributed by atoms with van der Waals surface area (Å²) in [6, 6.07) is 16.0. The number of thioether (sulfide) groups is 1. The molecule has 0 saturated carbocycles. The number of thiazole rings is 1. The molecule has 0 saturated heterocycles. The van der Waals surface area contributed by atoms with Gasteiger partial charge in [-0.3, -0.25) is 4.79 Å². The summed E-state index contributed by atoms with van der Waals surface area (Å²) in [6.45, 7) is 4.04. The topological polar surface area (TPSA) is 85.6 Å². The number of nitrogens with one attached hydrogen (secondary N) is 1. The van der Waals surface area contributed by atoms with Crippen molar-refractivity contribution in [2.45, 2.75) is 19.0 Å². The molecule has 2 heterocycles. The van der Waals surface area contributed by atoms with E-state index in [0.717, 1.165) is 22.5 Å². The molecule has 4 rings (SSSR count). The first-order valence-corrected chi connectivity index (χ1v) is 10.8. The molecule has 0 unspecified atom stereocenters. The minimum atomic E-state index is -0.154. The molecule has 2 aromatic heterocycles. The van der Waals surface area contributed by atoms with Gasteiger partial charge in [-0.15, -0.1) is 16.4 Å². The Morgan fingerprint density at radius 2 is 1.93 bits per heavy atom. The van der Waals surface area contributed by atoms with E-state index < -0.39 is 0 Å². The molecule has 1 N–H and O–H groups in total. The first kappa shape index (κ1) is 19.3. The van der Waals surface area contributed by atoms with Gasteiger partial charge >= 0.3 is 0 Å². The molecule has 146 valence electrons. The number of hydrogen-bond donors (Lipinski definition) is 1. The van der Waals surface area contributed by atoms with Crippen molar-refractivity contribution in [2.24, 2.45) is 0 Å². The summed E-state index contributed by atoms with van der Waals surface area (Å²) in [4.78, 5) is 16.9. The van der Waals surface area contributed by atoms with E-state index in [1.165, 1.54) is 28.7 Å². The number of hydrogen-bond acceptors (Lipinski definition) is 7. The molecule has 0 aliphatic heterocycles. The van der Waals surface area contributed by atoms with Gasteiger partial charge in [-0.2, -0.15) is 4.68 Å². The third kappa shape index (κ3) is 4.52. The number of nitrogens with zero attached hydrogens (tertiary/aromatic N) is 5. The van der Waals surface area contributed by atoms with E-state index >= 15 is 0 Å². The van der Waals surface area contributed by atoms with Crippen molar-refractivity contribution in [1.29, 1.82) is 0 Å². The van der Waals surface area contributed by atoms with E-state index in [0.29, 0.717) is 10.3 Å². The zero-order chi connectivity index (χ0) is 20.2. The zero-order valence-corrected chi connectivity index (χ0v) is 17.5. The fourth-order valence-corrected chi connectivity index (χ4v) is 4.11. The summed E-state index contributed by atoms with van der Waals surface area (Å²) in [7, 11) is 0. The SMILES string of the molecule is Cc1ccc(-c2csc(NC(=O)CSc3nnnn3-c3ccccc3C)n2)cc1. The molecule has 0 bridgehead atoms. The molecule has 2 aromatic carbocycles. The molecule has 0 fully saturated rings. The van der Waals surface area contributed by atoms with E-state index in [4.69, 9.17) is 0 Å². The van der Waals surface area contributed by atoms with Gasteiger partial charge < -0.3 is 5.32 Å². The van der Waals surface area contributed by atoms with Gasteiger partial charge in [0.05, 0.1) is 17.1 Å². The quantitative estimate of drug-likeness (QED) is 0.470. The molecule has 7 nitrogen and oxygen atoms in total. The number of para-hydroxylation sites is 1. The van der Waals surface area contributed by atoms with Gasteiger partial charge in [0.2, 0.25) is 11.1 Å². The van der Waals surface area contributed by atoms with E-state index in [-0.39, 0.29) is 11.7 Å². The molecule has 1 amide bonds. The Morgan fingerprint density at radius 3 is 2.72 bits per heavy atom. The summed E-state index contributed by atoms with van der Waals surface area (Å²) < 4.78 is 1.65. The summed E-state index contributed by atoms with van der Waals surface area (Å²) >= 11 is 2.69. The minimum Gasteiger partial charge on any atom is -0.301 e. The Labute approximate surface area is 176 Å². The first-order valence-electron chi connectivity index (χ1n) is 8.90. The van der Waals surface area contributed by atoms with Gasteiger partial charge in [0.1, 0.15) is 0 Å². The second kappa shape index (κ2) is 8.54. The smallest absolute Gasteiger partial charge is 0.236 e. The molecule has 0 aliphatic carbocycles. The van der Waals surface area contributed by atoms with Crippen LogP contribution in [0.4, 0.5) is 5.13 Å². The van der Waals surface area contributed by atoms with Crippen LogP contribution in [0.3, 0.4) is 0 Å².